The second-order valence-corrected chi connectivity index (χ2v) is 12.5. The van der Waals surface area contributed by atoms with E-state index >= 15 is 4.39 Å². The number of carbonyl (C=O) groups excluding carboxylic acids is 2. The molecule has 1 unspecified atom stereocenters. The number of ketones is 1. The highest BCUT2D eigenvalue weighted by molar-refractivity contribution is 7.99. The second kappa shape index (κ2) is 11.1. The molecule has 1 saturated carbocycles. The quantitative estimate of drug-likeness (QED) is 0.478. The molecular formula is C30H34FN3O4S. The number of halogens is 1. The van der Waals surface area contributed by atoms with E-state index in [2.05, 4.69) is 27.6 Å². The minimum absolute atomic E-state index is 0.127. The number of ether oxygens (including phenoxy) is 1. The summed E-state index contributed by atoms with van der Waals surface area (Å²) in [7, 11) is 0. The fraction of sp³-hybridized carbons (Fsp3) is 0.467. The van der Waals surface area contributed by atoms with Gasteiger partial charge in [-0.25, -0.2) is 14.2 Å². The lowest BCUT2D eigenvalue weighted by Crippen LogP contribution is -2.46. The van der Waals surface area contributed by atoms with Crippen LogP contribution >= 0.6 is 11.8 Å². The predicted molar refractivity (Wildman–Crippen MR) is 150 cm³/mol. The van der Waals surface area contributed by atoms with Gasteiger partial charge in [-0.05, 0) is 76.6 Å². The number of oxime groups is 1. The van der Waals surface area contributed by atoms with Crippen LogP contribution in [0.3, 0.4) is 0 Å². The first-order valence-corrected chi connectivity index (χ1v) is 14.4. The Morgan fingerprint density at radius 3 is 2.59 bits per heavy atom. The summed E-state index contributed by atoms with van der Waals surface area (Å²) in [6.45, 7) is 7.74. The van der Waals surface area contributed by atoms with Crippen LogP contribution in [-0.4, -0.2) is 47.4 Å². The number of amides is 1. The molecule has 1 fully saturated rings. The molecule has 3 aliphatic rings. The van der Waals surface area contributed by atoms with E-state index in [1.54, 1.807) is 26.8 Å². The van der Waals surface area contributed by atoms with Crippen LogP contribution in [0.5, 0.6) is 0 Å². The Hall–Kier alpha value is -3.20. The maximum Gasteiger partial charge on any atom is 0.408 e. The van der Waals surface area contributed by atoms with Crippen molar-refractivity contribution in [1.29, 1.82) is 0 Å². The third-order valence-corrected chi connectivity index (χ3v) is 8.18. The molecule has 206 valence electrons. The Labute approximate surface area is 232 Å². The topological polar surface area (TPSA) is 89.4 Å². The zero-order valence-corrected chi connectivity index (χ0v) is 23.6. The molecule has 2 aliphatic heterocycles. The molecule has 2 heterocycles. The van der Waals surface area contributed by atoms with Gasteiger partial charge in [-0.2, -0.15) is 0 Å². The molecule has 1 amide bonds. The Morgan fingerprint density at radius 2 is 1.95 bits per heavy atom. The van der Waals surface area contributed by atoms with Crippen LogP contribution in [0.15, 0.2) is 51.4 Å². The van der Waals surface area contributed by atoms with Gasteiger partial charge in [0.05, 0.1) is 17.8 Å². The summed E-state index contributed by atoms with van der Waals surface area (Å²) in [5.74, 6) is -0.350. The van der Waals surface area contributed by atoms with Gasteiger partial charge in [0.1, 0.15) is 17.5 Å². The summed E-state index contributed by atoms with van der Waals surface area (Å²) in [6, 6.07) is 10.6. The van der Waals surface area contributed by atoms with Crippen LogP contribution < -0.4 is 5.32 Å². The number of benzene rings is 2. The molecule has 0 bridgehead atoms. The number of aliphatic imine (C=N–C) groups is 1. The summed E-state index contributed by atoms with van der Waals surface area (Å²) in [5.41, 5.74) is 3.37. The normalized spacial score (nSPS) is 21.2. The summed E-state index contributed by atoms with van der Waals surface area (Å²) in [6.07, 6.45) is 2.68. The molecule has 5 rings (SSSR count). The van der Waals surface area contributed by atoms with Gasteiger partial charge in [0.25, 0.3) is 5.90 Å². The molecule has 9 heteroatoms. The molecule has 39 heavy (non-hydrogen) atoms. The lowest BCUT2D eigenvalue weighted by molar-refractivity contribution is -0.122. The summed E-state index contributed by atoms with van der Waals surface area (Å²) in [5, 5.41) is 6.96. The number of rotatable bonds is 6. The summed E-state index contributed by atoms with van der Waals surface area (Å²) >= 11 is 1.35. The highest BCUT2D eigenvalue weighted by Gasteiger charge is 2.36. The number of Topliss-reactive ketones (excluding diaryl/α,β-unsaturated/α-hetero) is 1. The van der Waals surface area contributed by atoms with E-state index in [0.29, 0.717) is 35.8 Å². The Morgan fingerprint density at radius 1 is 1.21 bits per heavy atom. The third kappa shape index (κ3) is 6.69. The Kier molecular flexibility index (Phi) is 7.80. The average Bonchev–Trinajstić information content (AvgIpc) is 3.73. The number of carbonyl (C=O) groups is 2. The molecule has 2 aromatic rings. The van der Waals surface area contributed by atoms with Gasteiger partial charge < -0.3 is 14.9 Å². The minimum Gasteiger partial charge on any atom is -0.444 e. The molecule has 1 aliphatic carbocycles. The number of hydrogen-bond donors (Lipinski definition) is 1. The zero-order chi connectivity index (χ0) is 27.7. The van der Waals surface area contributed by atoms with Crippen molar-refractivity contribution in [3.63, 3.8) is 0 Å². The van der Waals surface area contributed by atoms with Gasteiger partial charge in [0, 0.05) is 22.5 Å². The van der Waals surface area contributed by atoms with E-state index < -0.39 is 29.5 Å². The van der Waals surface area contributed by atoms with Crippen LogP contribution in [0.25, 0.3) is 0 Å². The highest BCUT2D eigenvalue weighted by atomic mass is 32.2. The first-order valence-electron chi connectivity index (χ1n) is 13.4. The van der Waals surface area contributed by atoms with Crippen LogP contribution in [-0.2, 0) is 20.8 Å². The van der Waals surface area contributed by atoms with Crippen molar-refractivity contribution < 1.29 is 23.6 Å². The first-order chi connectivity index (χ1) is 18.6. The number of fused-ring (bicyclic) bond motifs is 1. The van der Waals surface area contributed by atoms with Crippen molar-refractivity contribution in [3.05, 3.63) is 64.5 Å². The molecule has 0 aromatic heterocycles. The molecule has 7 nitrogen and oxygen atoms in total. The Bertz CT molecular complexity index is 1330. The number of aryl methyl sites for hydroxylation is 2. The van der Waals surface area contributed by atoms with Gasteiger partial charge in [-0.3, -0.25) is 4.79 Å². The smallest absolute Gasteiger partial charge is 0.408 e. The molecular weight excluding hydrogens is 517 g/mol. The monoisotopic (exact) mass is 551 g/mol. The van der Waals surface area contributed by atoms with Crippen LogP contribution in [0.2, 0.25) is 0 Å². The molecule has 0 saturated heterocycles. The summed E-state index contributed by atoms with van der Waals surface area (Å²) in [4.78, 5) is 37.2. The van der Waals surface area contributed by atoms with Crippen molar-refractivity contribution in [2.75, 3.05) is 12.3 Å². The molecule has 2 atom stereocenters. The average molecular weight is 552 g/mol. The fourth-order valence-corrected chi connectivity index (χ4v) is 5.93. The van der Waals surface area contributed by atoms with Gasteiger partial charge >= 0.3 is 6.09 Å². The van der Waals surface area contributed by atoms with Gasteiger partial charge in [-0.15, -0.1) is 11.8 Å². The van der Waals surface area contributed by atoms with Crippen molar-refractivity contribution in [3.8, 4) is 0 Å². The second-order valence-electron chi connectivity index (χ2n) is 11.4. The number of nitrogens with one attached hydrogen (secondary N) is 1. The summed E-state index contributed by atoms with van der Waals surface area (Å²) < 4.78 is 20.8. The predicted octanol–water partition coefficient (Wildman–Crippen LogP) is 5.96. The van der Waals surface area contributed by atoms with Gasteiger partial charge in [-0.1, -0.05) is 35.0 Å². The van der Waals surface area contributed by atoms with Crippen LogP contribution in [0.1, 0.15) is 68.2 Å². The molecule has 0 spiro atoms. The van der Waals surface area contributed by atoms with E-state index in [9.17, 15) is 9.59 Å². The van der Waals surface area contributed by atoms with Crippen molar-refractivity contribution in [1.82, 2.24) is 5.32 Å². The third-order valence-electron chi connectivity index (χ3n) is 7.01. The lowest BCUT2D eigenvalue weighted by atomic mass is 9.85. The van der Waals surface area contributed by atoms with E-state index in [1.165, 1.54) is 17.8 Å². The fourth-order valence-electron chi connectivity index (χ4n) is 4.78. The van der Waals surface area contributed by atoms with Crippen molar-refractivity contribution in [2.45, 2.75) is 75.8 Å². The van der Waals surface area contributed by atoms with E-state index in [-0.39, 0.29) is 23.0 Å². The van der Waals surface area contributed by atoms with Gasteiger partial charge in [0.2, 0.25) is 0 Å². The molecule has 0 radical (unpaired) electrons. The Balaban J connectivity index is 1.44. The number of thioether (sulfide) groups is 1. The largest absolute Gasteiger partial charge is 0.444 e. The minimum atomic E-state index is -0.777. The maximum atomic E-state index is 15.4. The number of alkyl carbamates (subject to hydrolysis) is 1. The highest BCUT2D eigenvalue weighted by Crippen LogP contribution is 2.39. The van der Waals surface area contributed by atoms with Crippen LogP contribution in [0, 0.1) is 18.7 Å². The number of hydrogen-bond acceptors (Lipinski definition) is 7. The first kappa shape index (κ1) is 27.4. The van der Waals surface area contributed by atoms with Crippen molar-refractivity contribution in [2.24, 2.45) is 16.1 Å². The SMILES string of the molecule is Cc1ccc(CCC2C(=O)[C@@H](NC(=O)OC(C)(C)C)CSc3cc(F)c(C4=NCC(C5CC5)=NO4)cc32)cc1. The van der Waals surface area contributed by atoms with Gasteiger partial charge in [0.15, 0.2) is 5.78 Å². The van der Waals surface area contributed by atoms with Crippen LogP contribution in [0.4, 0.5) is 9.18 Å². The zero-order valence-electron chi connectivity index (χ0n) is 22.8. The standard InChI is InChI=1S/C30H34FN3O4S/c1-17-5-7-18(8-6-17)9-12-20-21-13-22(28-32-15-24(34-38-28)19-10-11-19)23(31)14-26(21)39-16-25(27(20)35)33-29(36)37-30(2,3)4/h5-8,13-14,19-20,25H,9-12,15-16H2,1-4H3,(H,33,36)/t20?,25-/m0/s1. The van der Waals surface area contributed by atoms with Crippen molar-refractivity contribution >= 4 is 35.2 Å². The molecule has 1 N–H and O–H groups in total. The van der Waals surface area contributed by atoms with E-state index in [0.717, 1.165) is 29.7 Å². The van der Waals surface area contributed by atoms with E-state index in [4.69, 9.17) is 9.57 Å². The van der Waals surface area contributed by atoms with E-state index in [1.807, 2.05) is 19.1 Å². The maximum absolute atomic E-state index is 15.4. The molecule has 2 aromatic carbocycles. The lowest BCUT2D eigenvalue weighted by Gasteiger charge is -2.24. The number of nitrogens with zero attached hydrogens (tertiary/aromatic N) is 2.